The van der Waals surface area contributed by atoms with Crippen LogP contribution in [0.1, 0.15) is 47.6 Å². The molecule has 1 aliphatic heterocycles. The molecule has 0 radical (unpaired) electrons. The molecule has 0 aliphatic carbocycles. The quantitative estimate of drug-likeness (QED) is 0.569. The van der Waals surface area contributed by atoms with Crippen LogP contribution in [0, 0.1) is 5.92 Å². The van der Waals surface area contributed by atoms with E-state index in [9.17, 15) is 23.1 Å². The molecule has 0 spiro atoms. The number of aromatic hydroxyl groups is 1. The number of esters is 1. The molecular weight excluding hydrogens is 445 g/mol. The number of carbonyl (C=O) groups excluding carboxylic acids is 1. The summed E-state index contributed by atoms with van der Waals surface area (Å²) in [5.41, 5.74) is -0.344. The van der Waals surface area contributed by atoms with Gasteiger partial charge in [0.2, 0.25) is 10.8 Å². The molecule has 1 saturated heterocycles. The minimum absolute atomic E-state index is 0.130. The molecule has 3 heterocycles. The number of benzene rings is 1. The van der Waals surface area contributed by atoms with Crippen LogP contribution < -0.4 is 0 Å². The highest BCUT2D eigenvalue weighted by molar-refractivity contribution is 7.17. The van der Waals surface area contributed by atoms with E-state index in [1.807, 2.05) is 11.8 Å². The summed E-state index contributed by atoms with van der Waals surface area (Å²) in [7, 11) is 1.34. The number of hydrogen-bond donors (Lipinski definition) is 1. The molecule has 7 nitrogen and oxygen atoms in total. The lowest BCUT2D eigenvalue weighted by Crippen LogP contribution is -2.39. The fraction of sp³-hybridized carbons (Fsp3) is 0.476. The third kappa shape index (κ3) is 4.18. The number of ether oxygens (including phenoxy) is 1. The summed E-state index contributed by atoms with van der Waals surface area (Å²) in [4.78, 5) is 19.2. The lowest BCUT2D eigenvalue weighted by Gasteiger charge is -2.36. The van der Waals surface area contributed by atoms with Gasteiger partial charge in [0.25, 0.3) is 0 Å². The van der Waals surface area contributed by atoms with Crippen molar-refractivity contribution in [3.8, 4) is 5.88 Å². The van der Waals surface area contributed by atoms with E-state index in [1.165, 1.54) is 29.0 Å². The molecule has 1 atom stereocenters. The summed E-state index contributed by atoms with van der Waals surface area (Å²) in [5.74, 6) is -0.0854. The predicted octanol–water partition coefficient (Wildman–Crippen LogP) is 4.05. The van der Waals surface area contributed by atoms with E-state index in [2.05, 4.69) is 10.1 Å². The Balaban J connectivity index is 1.75. The number of likely N-dealkylation sites (tertiary alicyclic amines) is 1. The van der Waals surface area contributed by atoms with E-state index in [-0.39, 0.29) is 17.8 Å². The molecule has 32 heavy (non-hydrogen) atoms. The third-order valence-corrected chi connectivity index (χ3v) is 6.84. The molecule has 1 aliphatic rings. The van der Waals surface area contributed by atoms with Crippen molar-refractivity contribution in [1.82, 2.24) is 19.5 Å². The molecule has 0 saturated carbocycles. The number of fused-ring (bicyclic) bond motifs is 1. The average Bonchev–Trinajstić information content (AvgIpc) is 3.32. The van der Waals surface area contributed by atoms with Crippen LogP contribution in [0.2, 0.25) is 0 Å². The van der Waals surface area contributed by atoms with Gasteiger partial charge < -0.3 is 9.84 Å². The first-order valence-electron chi connectivity index (χ1n) is 10.3. The summed E-state index contributed by atoms with van der Waals surface area (Å²) in [6.07, 6.45) is -2.85. The molecule has 0 bridgehead atoms. The van der Waals surface area contributed by atoms with Crippen molar-refractivity contribution in [3.05, 3.63) is 46.1 Å². The van der Waals surface area contributed by atoms with Gasteiger partial charge in [-0.2, -0.15) is 17.7 Å². The van der Waals surface area contributed by atoms with Crippen LogP contribution in [0.5, 0.6) is 5.88 Å². The number of thiazole rings is 1. The van der Waals surface area contributed by atoms with Gasteiger partial charge in [-0.3, -0.25) is 9.69 Å². The number of hydrogen-bond acceptors (Lipinski definition) is 7. The summed E-state index contributed by atoms with van der Waals surface area (Å²) in [5, 5.41) is 15.2. The van der Waals surface area contributed by atoms with Crippen molar-refractivity contribution in [3.63, 3.8) is 0 Å². The zero-order valence-corrected chi connectivity index (χ0v) is 18.4. The maximum absolute atomic E-state index is 13.4. The Morgan fingerprint density at radius 2 is 2.06 bits per heavy atom. The van der Waals surface area contributed by atoms with Crippen molar-refractivity contribution in [2.24, 2.45) is 5.92 Å². The lowest BCUT2D eigenvalue weighted by molar-refractivity contribution is -0.147. The standard InChI is InChI=1S/C21H23F3N4O3S/c1-3-15-25-20-28(26-15)18(29)17(32-20)16(13-5-4-6-14(11-13)21(22,23)24)27-9-7-12(8-10-27)19(30)31-2/h4-6,11-12,16,29H,3,7-10H2,1-2H3. The summed E-state index contributed by atoms with van der Waals surface area (Å²) < 4.78 is 46.4. The Hall–Kier alpha value is -2.66. The summed E-state index contributed by atoms with van der Waals surface area (Å²) in [6, 6.07) is 4.51. The zero-order chi connectivity index (χ0) is 23.0. The van der Waals surface area contributed by atoms with Crippen LogP contribution in [0.4, 0.5) is 13.2 Å². The van der Waals surface area contributed by atoms with Gasteiger partial charge in [-0.15, -0.1) is 5.10 Å². The lowest BCUT2D eigenvalue weighted by atomic mass is 9.93. The maximum Gasteiger partial charge on any atom is 0.416 e. The number of methoxy groups -OCH3 is 1. The number of piperidine rings is 1. The molecule has 3 aromatic rings. The van der Waals surface area contributed by atoms with Crippen molar-refractivity contribution in [2.45, 2.75) is 38.4 Å². The molecule has 1 unspecified atom stereocenters. The van der Waals surface area contributed by atoms with E-state index >= 15 is 0 Å². The second kappa shape index (κ2) is 8.70. The average molecular weight is 469 g/mol. The molecular formula is C21H23F3N4O3S. The van der Waals surface area contributed by atoms with E-state index in [0.717, 1.165) is 12.1 Å². The number of carbonyl (C=O) groups is 1. The third-order valence-electron chi connectivity index (χ3n) is 5.77. The smallest absolute Gasteiger partial charge is 0.416 e. The van der Waals surface area contributed by atoms with Gasteiger partial charge in [0.05, 0.1) is 29.5 Å². The Morgan fingerprint density at radius 1 is 1.34 bits per heavy atom. The fourth-order valence-electron chi connectivity index (χ4n) is 4.09. The number of rotatable bonds is 5. The minimum atomic E-state index is -4.48. The first kappa shape index (κ1) is 22.5. The Kier molecular flexibility index (Phi) is 6.13. The van der Waals surface area contributed by atoms with Crippen LogP contribution in [0.15, 0.2) is 24.3 Å². The molecule has 4 rings (SSSR count). The first-order chi connectivity index (χ1) is 15.2. The second-order valence-corrected chi connectivity index (χ2v) is 8.73. The van der Waals surface area contributed by atoms with Crippen LogP contribution in [0.25, 0.3) is 4.96 Å². The molecule has 2 aromatic heterocycles. The van der Waals surface area contributed by atoms with E-state index < -0.39 is 17.8 Å². The van der Waals surface area contributed by atoms with Crippen molar-refractivity contribution < 1.29 is 27.8 Å². The van der Waals surface area contributed by atoms with Gasteiger partial charge in [-0.1, -0.05) is 30.4 Å². The van der Waals surface area contributed by atoms with Crippen molar-refractivity contribution in [2.75, 3.05) is 20.2 Å². The van der Waals surface area contributed by atoms with E-state index in [1.54, 1.807) is 6.07 Å². The topological polar surface area (TPSA) is 80.0 Å². The van der Waals surface area contributed by atoms with E-state index in [0.29, 0.717) is 53.6 Å². The zero-order valence-electron chi connectivity index (χ0n) is 17.6. The minimum Gasteiger partial charge on any atom is -0.492 e. The Labute approximate surface area is 186 Å². The van der Waals surface area contributed by atoms with Crippen LogP contribution in [-0.4, -0.2) is 50.8 Å². The van der Waals surface area contributed by atoms with Gasteiger partial charge in [-0.05, 0) is 43.6 Å². The normalized spacial score (nSPS) is 17.0. The monoisotopic (exact) mass is 468 g/mol. The largest absolute Gasteiger partial charge is 0.492 e. The maximum atomic E-state index is 13.4. The molecule has 1 fully saturated rings. The number of aryl methyl sites for hydroxylation is 1. The first-order valence-corrected chi connectivity index (χ1v) is 11.1. The molecule has 1 aromatic carbocycles. The van der Waals surface area contributed by atoms with Gasteiger partial charge in [-0.25, -0.2) is 4.98 Å². The van der Waals surface area contributed by atoms with Crippen molar-refractivity contribution in [1.29, 1.82) is 0 Å². The molecule has 0 amide bonds. The number of nitrogens with zero attached hydrogens (tertiary/aromatic N) is 4. The highest BCUT2D eigenvalue weighted by Crippen LogP contribution is 2.42. The fourth-order valence-corrected chi connectivity index (χ4v) is 5.23. The number of halogens is 3. The van der Waals surface area contributed by atoms with Gasteiger partial charge >= 0.3 is 12.1 Å². The summed E-state index contributed by atoms with van der Waals surface area (Å²) in [6.45, 7) is 2.83. The molecule has 1 N–H and O–H groups in total. The van der Waals surface area contributed by atoms with Crippen LogP contribution in [0.3, 0.4) is 0 Å². The Bertz CT molecular complexity index is 1120. The highest BCUT2D eigenvalue weighted by atomic mass is 32.1. The highest BCUT2D eigenvalue weighted by Gasteiger charge is 2.36. The SMILES string of the molecule is CCc1nc2sc(C(c3cccc(C(F)(F)F)c3)N3CCC(C(=O)OC)CC3)c(O)n2n1. The van der Waals surface area contributed by atoms with Crippen LogP contribution >= 0.6 is 11.3 Å². The number of alkyl halides is 3. The van der Waals surface area contributed by atoms with Crippen LogP contribution in [-0.2, 0) is 22.1 Å². The van der Waals surface area contributed by atoms with Crippen molar-refractivity contribution >= 4 is 22.3 Å². The Morgan fingerprint density at radius 3 is 2.66 bits per heavy atom. The van der Waals surface area contributed by atoms with Gasteiger partial charge in [0.1, 0.15) is 0 Å². The van der Waals surface area contributed by atoms with E-state index in [4.69, 9.17) is 4.74 Å². The molecule has 172 valence electrons. The van der Waals surface area contributed by atoms with Gasteiger partial charge in [0.15, 0.2) is 5.82 Å². The summed E-state index contributed by atoms with van der Waals surface area (Å²) >= 11 is 1.21. The second-order valence-electron chi connectivity index (χ2n) is 7.73. The predicted molar refractivity (Wildman–Crippen MR) is 112 cm³/mol. The molecule has 11 heteroatoms. The van der Waals surface area contributed by atoms with Gasteiger partial charge in [0, 0.05) is 6.42 Å². The number of aromatic nitrogens is 3.